The summed E-state index contributed by atoms with van der Waals surface area (Å²) in [6.07, 6.45) is 6.58. The highest BCUT2D eigenvalue weighted by Crippen LogP contribution is 2.38. The van der Waals surface area contributed by atoms with Gasteiger partial charge in [0, 0.05) is 17.7 Å². The van der Waals surface area contributed by atoms with Gasteiger partial charge in [0.25, 0.3) is 0 Å². The molecule has 0 bridgehead atoms. The minimum absolute atomic E-state index is 0.129. The molecule has 2 aromatic rings. The van der Waals surface area contributed by atoms with E-state index in [1.54, 1.807) is 12.1 Å². The van der Waals surface area contributed by atoms with Crippen molar-refractivity contribution in [3.05, 3.63) is 95.0 Å². The summed E-state index contributed by atoms with van der Waals surface area (Å²) in [5.41, 5.74) is 4.13. The molecule has 27 heavy (non-hydrogen) atoms. The minimum atomic E-state index is -0.271. The molecule has 1 unspecified atom stereocenters. The average molecular weight is 357 g/mol. The summed E-state index contributed by atoms with van der Waals surface area (Å²) in [4.78, 5) is 15.0. The summed E-state index contributed by atoms with van der Waals surface area (Å²) in [5.74, 6) is 5.86. The lowest BCUT2D eigenvalue weighted by Crippen LogP contribution is -2.28. The van der Waals surface area contributed by atoms with Gasteiger partial charge in [-0.05, 0) is 54.3 Å². The van der Waals surface area contributed by atoms with Gasteiger partial charge in [-0.1, -0.05) is 48.2 Å². The van der Waals surface area contributed by atoms with Crippen molar-refractivity contribution in [1.29, 1.82) is 0 Å². The normalized spacial score (nSPS) is 18.3. The molecule has 1 amide bonds. The first kappa shape index (κ1) is 17.3. The third-order valence-corrected chi connectivity index (χ3v) is 5.03. The smallest absolute Gasteiger partial charge is 0.235 e. The molecule has 0 saturated carbocycles. The summed E-state index contributed by atoms with van der Waals surface area (Å²) >= 11 is 0. The largest absolute Gasteiger partial charge is 0.307 e. The Balaban J connectivity index is 1.54. The van der Waals surface area contributed by atoms with Crippen LogP contribution in [0.1, 0.15) is 30.4 Å². The van der Waals surface area contributed by atoms with E-state index < -0.39 is 0 Å². The molecule has 0 radical (unpaired) electrons. The highest BCUT2D eigenvalue weighted by molar-refractivity contribution is 5.88. The minimum Gasteiger partial charge on any atom is -0.307 e. The van der Waals surface area contributed by atoms with E-state index in [-0.39, 0.29) is 17.6 Å². The zero-order valence-electron chi connectivity index (χ0n) is 15.0. The predicted molar refractivity (Wildman–Crippen MR) is 104 cm³/mol. The number of allylic oxidation sites excluding steroid dienone is 2. The standard InChI is InChI=1S/C24H20FNO/c25-20-15-13-18(14-16-20)9-6-11-22-21-10-4-5-12-23(21)26(24(22)27)17-19-7-2-1-3-8-19/h1-3,5,7-8,12-16,22H,4,10-11,17H2. The molecular weight excluding hydrogens is 337 g/mol. The third kappa shape index (κ3) is 3.71. The van der Waals surface area contributed by atoms with Crippen LogP contribution < -0.4 is 0 Å². The van der Waals surface area contributed by atoms with E-state index in [0.717, 1.165) is 29.7 Å². The van der Waals surface area contributed by atoms with Crippen molar-refractivity contribution in [1.82, 2.24) is 4.90 Å². The average Bonchev–Trinajstić information content (AvgIpc) is 2.96. The van der Waals surface area contributed by atoms with Crippen LogP contribution in [0.4, 0.5) is 4.39 Å². The van der Waals surface area contributed by atoms with Crippen LogP contribution in [0.3, 0.4) is 0 Å². The maximum atomic E-state index is 13.1. The van der Waals surface area contributed by atoms with Gasteiger partial charge in [-0.3, -0.25) is 4.79 Å². The Kier molecular flexibility index (Phi) is 4.89. The molecule has 2 aliphatic rings. The van der Waals surface area contributed by atoms with Gasteiger partial charge in [0.1, 0.15) is 5.82 Å². The number of benzene rings is 2. The molecule has 0 saturated heterocycles. The van der Waals surface area contributed by atoms with Crippen molar-refractivity contribution >= 4 is 5.91 Å². The number of halogens is 1. The lowest BCUT2D eigenvalue weighted by atomic mass is 9.91. The maximum absolute atomic E-state index is 13.1. The number of hydrogen-bond donors (Lipinski definition) is 0. The molecule has 2 nitrogen and oxygen atoms in total. The van der Waals surface area contributed by atoms with E-state index in [2.05, 4.69) is 24.0 Å². The van der Waals surface area contributed by atoms with Crippen molar-refractivity contribution in [3.63, 3.8) is 0 Å². The maximum Gasteiger partial charge on any atom is 0.235 e. The second kappa shape index (κ2) is 7.63. The van der Waals surface area contributed by atoms with E-state index >= 15 is 0 Å². The molecule has 0 spiro atoms. The lowest BCUT2D eigenvalue weighted by molar-refractivity contribution is -0.130. The van der Waals surface area contributed by atoms with Crippen LogP contribution in [0.25, 0.3) is 0 Å². The van der Waals surface area contributed by atoms with E-state index in [1.807, 2.05) is 35.2 Å². The number of nitrogens with zero attached hydrogens (tertiary/aromatic N) is 1. The summed E-state index contributed by atoms with van der Waals surface area (Å²) in [5, 5.41) is 0. The second-order valence-corrected chi connectivity index (χ2v) is 6.83. The fourth-order valence-corrected chi connectivity index (χ4v) is 3.67. The van der Waals surface area contributed by atoms with Crippen molar-refractivity contribution in [3.8, 4) is 11.8 Å². The molecule has 1 aliphatic heterocycles. The fourth-order valence-electron chi connectivity index (χ4n) is 3.67. The van der Waals surface area contributed by atoms with Gasteiger partial charge in [-0.15, -0.1) is 0 Å². The summed E-state index contributed by atoms with van der Waals surface area (Å²) in [7, 11) is 0. The Morgan fingerprint density at radius 2 is 1.85 bits per heavy atom. The van der Waals surface area contributed by atoms with Gasteiger partial charge in [0.2, 0.25) is 5.91 Å². The monoisotopic (exact) mass is 357 g/mol. The molecule has 0 aromatic heterocycles. The van der Waals surface area contributed by atoms with Crippen molar-refractivity contribution in [2.45, 2.75) is 25.8 Å². The van der Waals surface area contributed by atoms with E-state index in [0.29, 0.717) is 13.0 Å². The lowest BCUT2D eigenvalue weighted by Gasteiger charge is -2.20. The molecule has 0 fully saturated rings. The Labute approximate surface area is 159 Å². The fraction of sp³-hybridized carbons (Fsp3) is 0.208. The van der Waals surface area contributed by atoms with Gasteiger partial charge in [-0.2, -0.15) is 0 Å². The van der Waals surface area contributed by atoms with Crippen LogP contribution in [0.5, 0.6) is 0 Å². The van der Waals surface area contributed by atoms with Crippen molar-refractivity contribution in [2.75, 3.05) is 0 Å². The number of amides is 1. The number of hydrogen-bond acceptors (Lipinski definition) is 1. The van der Waals surface area contributed by atoms with Crippen LogP contribution in [0, 0.1) is 23.6 Å². The molecule has 134 valence electrons. The molecule has 0 N–H and O–H groups in total. The van der Waals surface area contributed by atoms with Gasteiger partial charge in [-0.25, -0.2) is 4.39 Å². The van der Waals surface area contributed by atoms with Gasteiger partial charge in [0.15, 0.2) is 0 Å². The zero-order valence-corrected chi connectivity index (χ0v) is 15.0. The van der Waals surface area contributed by atoms with Gasteiger partial charge < -0.3 is 4.90 Å². The predicted octanol–water partition coefficient (Wildman–Crippen LogP) is 4.83. The zero-order chi connectivity index (χ0) is 18.6. The van der Waals surface area contributed by atoms with Crippen molar-refractivity contribution in [2.24, 2.45) is 5.92 Å². The quantitative estimate of drug-likeness (QED) is 0.721. The van der Waals surface area contributed by atoms with Gasteiger partial charge >= 0.3 is 0 Å². The number of carbonyl (C=O) groups excluding carboxylic acids is 1. The number of carbonyl (C=O) groups is 1. The Bertz CT molecular complexity index is 961. The summed E-state index contributed by atoms with van der Waals surface area (Å²) < 4.78 is 13.0. The SMILES string of the molecule is O=C1C(CC#Cc2ccc(F)cc2)C2=C(C=CCC2)N1Cc1ccccc1. The third-order valence-electron chi connectivity index (χ3n) is 5.03. The Morgan fingerprint density at radius 1 is 1.07 bits per heavy atom. The van der Waals surface area contributed by atoms with E-state index in [4.69, 9.17) is 0 Å². The van der Waals surface area contributed by atoms with Crippen LogP contribution in [0.15, 0.2) is 78.0 Å². The van der Waals surface area contributed by atoms with Crippen LogP contribution in [-0.2, 0) is 11.3 Å². The molecule has 2 aromatic carbocycles. The molecule has 1 aliphatic carbocycles. The van der Waals surface area contributed by atoms with Crippen LogP contribution in [0.2, 0.25) is 0 Å². The Hall–Kier alpha value is -3.12. The first-order chi connectivity index (χ1) is 13.2. The second-order valence-electron chi connectivity index (χ2n) is 6.83. The molecule has 1 heterocycles. The number of rotatable bonds is 3. The van der Waals surface area contributed by atoms with Gasteiger partial charge in [0.05, 0.1) is 12.5 Å². The topological polar surface area (TPSA) is 20.3 Å². The van der Waals surface area contributed by atoms with E-state index in [9.17, 15) is 9.18 Å². The first-order valence-electron chi connectivity index (χ1n) is 9.22. The molecule has 3 heteroatoms. The molecule has 4 rings (SSSR count). The van der Waals surface area contributed by atoms with E-state index in [1.165, 1.54) is 17.7 Å². The molecular formula is C24H20FNO. The van der Waals surface area contributed by atoms with Crippen molar-refractivity contribution < 1.29 is 9.18 Å². The Morgan fingerprint density at radius 3 is 2.63 bits per heavy atom. The highest BCUT2D eigenvalue weighted by Gasteiger charge is 2.38. The molecule has 1 atom stereocenters. The summed E-state index contributed by atoms with van der Waals surface area (Å²) in [6.45, 7) is 0.588. The van der Waals surface area contributed by atoms with Crippen LogP contribution >= 0.6 is 0 Å². The summed E-state index contributed by atoms with van der Waals surface area (Å²) in [6, 6.07) is 16.2. The van der Waals surface area contributed by atoms with Crippen LogP contribution in [-0.4, -0.2) is 10.8 Å². The first-order valence-corrected chi connectivity index (χ1v) is 9.22. The highest BCUT2D eigenvalue weighted by atomic mass is 19.1.